The number of anilines is 1. The van der Waals surface area contributed by atoms with Crippen molar-refractivity contribution in [3.8, 4) is 0 Å². The Balaban J connectivity index is 1.94. The van der Waals surface area contributed by atoms with Crippen molar-refractivity contribution in [1.82, 2.24) is 4.90 Å². The zero-order valence-corrected chi connectivity index (χ0v) is 15.5. The summed E-state index contributed by atoms with van der Waals surface area (Å²) in [6, 6.07) is 6.63. The second kappa shape index (κ2) is 8.63. The third kappa shape index (κ3) is 4.81. The summed E-state index contributed by atoms with van der Waals surface area (Å²) in [7, 11) is 2.03. The summed E-state index contributed by atoms with van der Waals surface area (Å²) < 4.78 is 0. The van der Waals surface area contributed by atoms with Gasteiger partial charge in [0, 0.05) is 18.3 Å². The molecule has 4 nitrogen and oxygen atoms in total. The van der Waals surface area contributed by atoms with E-state index in [2.05, 4.69) is 30.1 Å². The van der Waals surface area contributed by atoms with Crippen molar-refractivity contribution < 1.29 is 9.90 Å². The van der Waals surface area contributed by atoms with Crippen LogP contribution in [0.25, 0.3) is 0 Å². The molecule has 2 rings (SSSR count). The summed E-state index contributed by atoms with van der Waals surface area (Å²) in [4.78, 5) is 14.7. The number of para-hydroxylation sites is 1. The van der Waals surface area contributed by atoms with E-state index in [1.165, 1.54) is 5.56 Å². The molecule has 1 amide bonds. The molecule has 0 aromatic heterocycles. The van der Waals surface area contributed by atoms with Gasteiger partial charge in [-0.3, -0.25) is 9.69 Å². The number of aliphatic hydroxyl groups excluding tert-OH is 1. The zero-order valence-electron chi connectivity index (χ0n) is 15.5. The molecule has 134 valence electrons. The van der Waals surface area contributed by atoms with Crippen molar-refractivity contribution in [2.75, 3.05) is 25.5 Å². The number of likely N-dealkylation sites (N-methyl/N-ethyl adjacent to an activating group) is 1. The Morgan fingerprint density at radius 2 is 1.96 bits per heavy atom. The SMILES string of the molecule is Cc1cccc(C(C)C)c1NC(=O)CN(C)C1CCC(CO)CC1. The third-order valence-corrected chi connectivity index (χ3v) is 5.28. The maximum absolute atomic E-state index is 12.5. The van der Waals surface area contributed by atoms with Crippen LogP contribution in [0, 0.1) is 12.8 Å². The highest BCUT2D eigenvalue weighted by atomic mass is 16.3. The van der Waals surface area contributed by atoms with Crippen LogP contribution in [-0.2, 0) is 4.79 Å². The van der Waals surface area contributed by atoms with Crippen LogP contribution in [0.4, 0.5) is 5.69 Å². The fourth-order valence-electron chi connectivity index (χ4n) is 3.65. The molecule has 4 heteroatoms. The van der Waals surface area contributed by atoms with Crippen LogP contribution in [0.1, 0.15) is 56.6 Å². The van der Waals surface area contributed by atoms with E-state index in [1.54, 1.807) is 0 Å². The second-order valence-electron chi connectivity index (χ2n) is 7.51. The largest absolute Gasteiger partial charge is 0.396 e. The van der Waals surface area contributed by atoms with Gasteiger partial charge in [-0.2, -0.15) is 0 Å². The lowest BCUT2D eigenvalue weighted by Crippen LogP contribution is -2.40. The van der Waals surface area contributed by atoms with Gasteiger partial charge in [-0.1, -0.05) is 32.0 Å². The molecule has 1 aromatic rings. The zero-order chi connectivity index (χ0) is 17.7. The fourth-order valence-corrected chi connectivity index (χ4v) is 3.65. The second-order valence-corrected chi connectivity index (χ2v) is 7.51. The maximum Gasteiger partial charge on any atom is 0.238 e. The molecule has 0 spiro atoms. The first-order chi connectivity index (χ1) is 11.4. The summed E-state index contributed by atoms with van der Waals surface area (Å²) in [6.07, 6.45) is 4.25. The van der Waals surface area contributed by atoms with Gasteiger partial charge in [0.15, 0.2) is 0 Å². The number of hydrogen-bond acceptors (Lipinski definition) is 3. The highest BCUT2D eigenvalue weighted by Crippen LogP contribution is 2.28. The predicted octanol–water partition coefficient (Wildman–Crippen LogP) is 3.54. The van der Waals surface area contributed by atoms with Gasteiger partial charge in [0.1, 0.15) is 0 Å². The molecule has 2 N–H and O–H groups in total. The fraction of sp³-hybridized carbons (Fsp3) is 0.650. The number of hydrogen-bond donors (Lipinski definition) is 2. The molecule has 0 radical (unpaired) electrons. The van der Waals surface area contributed by atoms with E-state index in [0.717, 1.165) is 36.9 Å². The van der Waals surface area contributed by atoms with E-state index < -0.39 is 0 Å². The van der Waals surface area contributed by atoms with Gasteiger partial charge in [0.05, 0.1) is 6.54 Å². The lowest BCUT2D eigenvalue weighted by Gasteiger charge is -2.33. The van der Waals surface area contributed by atoms with E-state index in [0.29, 0.717) is 31.0 Å². The van der Waals surface area contributed by atoms with Crippen LogP contribution in [0.2, 0.25) is 0 Å². The topological polar surface area (TPSA) is 52.6 Å². The Hall–Kier alpha value is -1.39. The molecule has 1 aliphatic rings. The molecular weight excluding hydrogens is 300 g/mol. The molecule has 0 aliphatic heterocycles. The van der Waals surface area contributed by atoms with E-state index >= 15 is 0 Å². The van der Waals surface area contributed by atoms with Crippen molar-refractivity contribution in [1.29, 1.82) is 0 Å². The Bertz CT molecular complexity index is 549. The molecule has 0 saturated heterocycles. The van der Waals surface area contributed by atoms with Gasteiger partial charge in [-0.25, -0.2) is 0 Å². The Labute approximate surface area is 146 Å². The molecule has 1 aliphatic carbocycles. The minimum absolute atomic E-state index is 0.0537. The van der Waals surface area contributed by atoms with Crippen molar-refractivity contribution in [3.05, 3.63) is 29.3 Å². The number of rotatable bonds is 6. The number of aryl methyl sites for hydroxylation is 1. The number of aliphatic hydroxyl groups is 1. The van der Waals surface area contributed by atoms with Crippen molar-refractivity contribution in [2.24, 2.45) is 5.92 Å². The van der Waals surface area contributed by atoms with Crippen LogP contribution in [-0.4, -0.2) is 42.2 Å². The molecule has 0 heterocycles. The van der Waals surface area contributed by atoms with Crippen LogP contribution in [0.5, 0.6) is 0 Å². The smallest absolute Gasteiger partial charge is 0.238 e. The monoisotopic (exact) mass is 332 g/mol. The molecule has 0 atom stereocenters. The lowest BCUT2D eigenvalue weighted by molar-refractivity contribution is -0.117. The average Bonchev–Trinajstić information content (AvgIpc) is 2.56. The first-order valence-corrected chi connectivity index (χ1v) is 9.12. The molecule has 24 heavy (non-hydrogen) atoms. The van der Waals surface area contributed by atoms with Gasteiger partial charge in [-0.05, 0) is 62.6 Å². The Morgan fingerprint density at radius 3 is 2.54 bits per heavy atom. The van der Waals surface area contributed by atoms with Crippen LogP contribution in [0.15, 0.2) is 18.2 Å². The Morgan fingerprint density at radius 1 is 1.29 bits per heavy atom. The van der Waals surface area contributed by atoms with Crippen molar-refractivity contribution in [3.63, 3.8) is 0 Å². The number of carbonyl (C=O) groups is 1. The number of nitrogens with one attached hydrogen (secondary N) is 1. The lowest BCUT2D eigenvalue weighted by atomic mass is 9.86. The summed E-state index contributed by atoms with van der Waals surface area (Å²) in [5, 5.41) is 12.4. The summed E-state index contributed by atoms with van der Waals surface area (Å²) >= 11 is 0. The number of carbonyl (C=O) groups excluding carboxylic acids is 1. The maximum atomic E-state index is 12.5. The van der Waals surface area contributed by atoms with Gasteiger partial charge in [0.25, 0.3) is 0 Å². The molecular formula is C20H32N2O2. The van der Waals surface area contributed by atoms with Crippen LogP contribution in [0.3, 0.4) is 0 Å². The average molecular weight is 332 g/mol. The minimum Gasteiger partial charge on any atom is -0.396 e. The minimum atomic E-state index is 0.0537. The van der Waals surface area contributed by atoms with Crippen molar-refractivity contribution in [2.45, 2.75) is 58.4 Å². The first-order valence-electron chi connectivity index (χ1n) is 9.12. The summed E-state index contributed by atoms with van der Waals surface area (Å²) in [5.41, 5.74) is 3.27. The van der Waals surface area contributed by atoms with Crippen molar-refractivity contribution >= 4 is 11.6 Å². The summed E-state index contributed by atoms with van der Waals surface area (Å²) in [5.74, 6) is 0.883. The first kappa shape index (κ1) is 18.9. The molecule has 1 fully saturated rings. The number of benzene rings is 1. The predicted molar refractivity (Wildman–Crippen MR) is 99.4 cm³/mol. The molecule has 1 saturated carbocycles. The molecule has 1 aromatic carbocycles. The van der Waals surface area contributed by atoms with E-state index in [1.807, 2.05) is 26.1 Å². The summed E-state index contributed by atoms with van der Waals surface area (Å²) in [6.45, 7) is 7.05. The number of nitrogens with zero attached hydrogens (tertiary/aromatic N) is 1. The van der Waals surface area contributed by atoms with Gasteiger partial charge in [0.2, 0.25) is 5.91 Å². The highest BCUT2D eigenvalue weighted by Gasteiger charge is 2.24. The van der Waals surface area contributed by atoms with E-state index in [4.69, 9.17) is 0 Å². The van der Waals surface area contributed by atoms with Gasteiger partial charge < -0.3 is 10.4 Å². The normalized spacial score (nSPS) is 21.3. The van der Waals surface area contributed by atoms with E-state index in [9.17, 15) is 9.90 Å². The van der Waals surface area contributed by atoms with Crippen LogP contribution < -0.4 is 5.32 Å². The van der Waals surface area contributed by atoms with E-state index in [-0.39, 0.29) is 5.91 Å². The molecule has 0 unspecified atom stereocenters. The third-order valence-electron chi connectivity index (χ3n) is 5.28. The van der Waals surface area contributed by atoms with Gasteiger partial charge >= 0.3 is 0 Å². The van der Waals surface area contributed by atoms with Crippen LogP contribution >= 0.6 is 0 Å². The Kier molecular flexibility index (Phi) is 6.81. The highest BCUT2D eigenvalue weighted by molar-refractivity contribution is 5.93. The quantitative estimate of drug-likeness (QED) is 0.838. The standard InChI is InChI=1S/C20H32N2O2/c1-14(2)18-7-5-6-15(3)20(18)21-19(24)12-22(4)17-10-8-16(13-23)9-11-17/h5-7,14,16-17,23H,8-13H2,1-4H3,(H,21,24). The molecule has 0 bridgehead atoms. The number of amides is 1. The van der Waals surface area contributed by atoms with Gasteiger partial charge in [-0.15, -0.1) is 0 Å².